The first kappa shape index (κ1) is 17.4. The van der Waals surface area contributed by atoms with Gasteiger partial charge in [0.05, 0.1) is 34.3 Å². The van der Waals surface area contributed by atoms with Crippen LogP contribution in [0.4, 0.5) is 4.79 Å². The number of aliphatic carboxylic acids is 1. The minimum Gasteiger partial charge on any atom is -0.493 e. The molecule has 1 heterocycles. The lowest BCUT2D eigenvalue weighted by atomic mass is 10.1. The molecule has 0 aliphatic carbocycles. The van der Waals surface area contributed by atoms with Crippen molar-refractivity contribution in [2.75, 3.05) is 21.3 Å². The molecule has 0 bridgehead atoms. The van der Waals surface area contributed by atoms with Crippen LogP contribution in [0.1, 0.15) is 12.0 Å². The number of carbonyl (C=O) groups excluding carboxylic acids is 2. The van der Waals surface area contributed by atoms with Crippen LogP contribution in [0.3, 0.4) is 0 Å². The normalized spacial score (nSPS) is 17.3. The SMILES string of the molecule is COc1ccc(CN2C(=O)C[C@@H](C(=O)O)NC2=O)c(OC)c1OC. The molecule has 1 fully saturated rings. The van der Waals surface area contributed by atoms with Crippen molar-refractivity contribution in [2.45, 2.75) is 19.0 Å². The zero-order chi connectivity index (χ0) is 17.9. The Morgan fingerprint density at radius 2 is 1.88 bits per heavy atom. The summed E-state index contributed by atoms with van der Waals surface area (Å²) in [6.07, 6.45) is -0.309. The number of methoxy groups -OCH3 is 3. The van der Waals surface area contributed by atoms with Crippen LogP contribution < -0.4 is 19.5 Å². The Morgan fingerprint density at radius 1 is 1.21 bits per heavy atom. The van der Waals surface area contributed by atoms with Crippen LogP contribution in [0, 0.1) is 0 Å². The van der Waals surface area contributed by atoms with Gasteiger partial charge in [0, 0.05) is 5.56 Å². The molecule has 2 N–H and O–H groups in total. The Bertz CT molecular complexity index is 656. The lowest BCUT2D eigenvalue weighted by Crippen LogP contribution is -2.56. The maximum Gasteiger partial charge on any atom is 0.326 e. The number of carboxylic acid groups (broad SMARTS) is 1. The number of benzene rings is 1. The number of hydrogen-bond donors (Lipinski definition) is 2. The molecule has 9 heteroatoms. The second-order valence-corrected chi connectivity index (χ2v) is 5.02. The van der Waals surface area contributed by atoms with Crippen LogP contribution in [0.5, 0.6) is 17.2 Å². The lowest BCUT2D eigenvalue weighted by molar-refractivity contribution is -0.144. The van der Waals surface area contributed by atoms with E-state index in [1.165, 1.54) is 21.3 Å². The molecule has 1 atom stereocenters. The topological polar surface area (TPSA) is 114 Å². The zero-order valence-electron chi connectivity index (χ0n) is 13.5. The number of nitrogens with one attached hydrogen (secondary N) is 1. The van der Waals surface area contributed by atoms with E-state index >= 15 is 0 Å². The summed E-state index contributed by atoms with van der Waals surface area (Å²) in [4.78, 5) is 36.0. The van der Waals surface area contributed by atoms with Gasteiger partial charge in [-0.1, -0.05) is 0 Å². The monoisotopic (exact) mass is 338 g/mol. The predicted octanol–water partition coefficient (Wildman–Crippen LogP) is 0.608. The molecular weight excluding hydrogens is 320 g/mol. The molecule has 24 heavy (non-hydrogen) atoms. The molecule has 1 aromatic rings. The van der Waals surface area contributed by atoms with Crippen molar-refractivity contribution < 1.29 is 33.7 Å². The molecule has 9 nitrogen and oxygen atoms in total. The molecule has 1 aromatic carbocycles. The van der Waals surface area contributed by atoms with Gasteiger partial charge in [-0.15, -0.1) is 0 Å². The maximum atomic E-state index is 12.1. The predicted molar refractivity (Wildman–Crippen MR) is 81.2 cm³/mol. The van der Waals surface area contributed by atoms with E-state index in [0.717, 1.165) is 4.90 Å². The van der Waals surface area contributed by atoms with Crippen molar-refractivity contribution in [3.05, 3.63) is 17.7 Å². The molecule has 1 aliphatic rings. The van der Waals surface area contributed by atoms with E-state index < -0.39 is 23.9 Å². The third kappa shape index (κ3) is 3.19. The van der Waals surface area contributed by atoms with Gasteiger partial charge in [0.1, 0.15) is 6.04 Å². The summed E-state index contributed by atoms with van der Waals surface area (Å²) in [5.41, 5.74) is 0.521. The molecule has 1 saturated heterocycles. The van der Waals surface area contributed by atoms with Gasteiger partial charge in [-0.2, -0.15) is 0 Å². The summed E-state index contributed by atoms with van der Waals surface area (Å²) < 4.78 is 15.7. The van der Waals surface area contributed by atoms with Crippen molar-refractivity contribution >= 4 is 17.9 Å². The van der Waals surface area contributed by atoms with Gasteiger partial charge in [0.15, 0.2) is 11.5 Å². The Kier molecular flexibility index (Phi) is 5.12. The Hall–Kier alpha value is -2.97. The highest BCUT2D eigenvalue weighted by Crippen LogP contribution is 2.40. The number of imide groups is 1. The van der Waals surface area contributed by atoms with E-state index in [1.54, 1.807) is 12.1 Å². The van der Waals surface area contributed by atoms with E-state index in [0.29, 0.717) is 22.8 Å². The van der Waals surface area contributed by atoms with Gasteiger partial charge < -0.3 is 24.6 Å². The Balaban J connectivity index is 2.29. The number of ether oxygens (including phenoxy) is 3. The Morgan fingerprint density at radius 3 is 2.38 bits per heavy atom. The van der Waals surface area contributed by atoms with Crippen LogP contribution in [-0.2, 0) is 16.1 Å². The summed E-state index contributed by atoms with van der Waals surface area (Å²) >= 11 is 0. The zero-order valence-corrected chi connectivity index (χ0v) is 13.5. The van der Waals surface area contributed by atoms with Gasteiger partial charge in [-0.3, -0.25) is 9.69 Å². The average molecular weight is 338 g/mol. The largest absolute Gasteiger partial charge is 0.493 e. The lowest BCUT2D eigenvalue weighted by Gasteiger charge is -2.30. The van der Waals surface area contributed by atoms with Crippen molar-refractivity contribution in [2.24, 2.45) is 0 Å². The van der Waals surface area contributed by atoms with Crippen molar-refractivity contribution in [3.8, 4) is 17.2 Å². The van der Waals surface area contributed by atoms with Crippen LogP contribution in [0.15, 0.2) is 12.1 Å². The molecule has 130 valence electrons. The fraction of sp³-hybridized carbons (Fsp3) is 0.400. The molecule has 0 unspecified atom stereocenters. The summed E-state index contributed by atoms with van der Waals surface area (Å²) in [5.74, 6) is -0.718. The fourth-order valence-corrected chi connectivity index (χ4v) is 2.44. The number of carbonyl (C=O) groups is 3. The second kappa shape index (κ2) is 7.07. The minimum atomic E-state index is -1.25. The van der Waals surface area contributed by atoms with E-state index in [2.05, 4.69) is 5.32 Å². The first-order valence-electron chi connectivity index (χ1n) is 7.04. The van der Waals surface area contributed by atoms with Crippen LogP contribution in [0.25, 0.3) is 0 Å². The van der Waals surface area contributed by atoms with Crippen LogP contribution in [-0.4, -0.2) is 55.3 Å². The van der Waals surface area contributed by atoms with E-state index in [4.69, 9.17) is 19.3 Å². The van der Waals surface area contributed by atoms with Crippen molar-refractivity contribution in [1.29, 1.82) is 0 Å². The highest BCUT2D eigenvalue weighted by Gasteiger charge is 2.36. The van der Waals surface area contributed by atoms with Crippen LogP contribution >= 0.6 is 0 Å². The summed E-state index contributed by atoms with van der Waals surface area (Å²) in [7, 11) is 4.35. The molecule has 0 saturated carbocycles. The molecule has 0 spiro atoms. The van der Waals surface area contributed by atoms with E-state index in [-0.39, 0.29) is 13.0 Å². The number of carboxylic acids is 1. The first-order chi connectivity index (χ1) is 11.4. The number of rotatable bonds is 6. The standard InChI is InChI=1S/C15H18N2O7/c1-22-10-5-4-8(12(23-2)13(10)24-3)7-17-11(18)6-9(14(19)20)16-15(17)21/h4-5,9H,6-7H2,1-3H3,(H,16,21)(H,19,20)/t9-/m0/s1. The second-order valence-electron chi connectivity index (χ2n) is 5.02. The maximum absolute atomic E-state index is 12.1. The Labute approximate surface area is 138 Å². The third-order valence-electron chi connectivity index (χ3n) is 3.63. The summed E-state index contributed by atoms with van der Waals surface area (Å²) in [6.45, 7) is -0.0828. The smallest absolute Gasteiger partial charge is 0.326 e. The van der Waals surface area contributed by atoms with Gasteiger partial charge >= 0.3 is 12.0 Å². The number of nitrogens with zero attached hydrogens (tertiary/aromatic N) is 1. The van der Waals surface area contributed by atoms with Gasteiger partial charge in [-0.05, 0) is 12.1 Å². The molecule has 0 radical (unpaired) electrons. The van der Waals surface area contributed by atoms with Crippen LogP contribution in [0.2, 0.25) is 0 Å². The molecule has 3 amide bonds. The summed E-state index contributed by atoms with van der Waals surface area (Å²) in [6, 6.07) is 1.29. The molecule has 1 aliphatic heterocycles. The van der Waals surface area contributed by atoms with E-state index in [1.807, 2.05) is 0 Å². The highest BCUT2D eigenvalue weighted by atomic mass is 16.5. The van der Waals surface area contributed by atoms with Gasteiger partial charge in [0.25, 0.3) is 0 Å². The quantitative estimate of drug-likeness (QED) is 0.781. The highest BCUT2D eigenvalue weighted by molar-refractivity contribution is 6.01. The van der Waals surface area contributed by atoms with Crippen molar-refractivity contribution in [1.82, 2.24) is 10.2 Å². The van der Waals surface area contributed by atoms with E-state index in [9.17, 15) is 14.4 Å². The third-order valence-corrected chi connectivity index (χ3v) is 3.63. The minimum absolute atomic E-state index is 0.0828. The number of urea groups is 1. The first-order valence-corrected chi connectivity index (χ1v) is 7.04. The van der Waals surface area contributed by atoms with Crippen molar-refractivity contribution in [3.63, 3.8) is 0 Å². The van der Waals surface area contributed by atoms with Gasteiger partial charge in [-0.25, -0.2) is 9.59 Å². The fourth-order valence-electron chi connectivity index (χ4n) is 2.44. The molecular formula is C15H18N2O7. The van der Waals surface area contributed by atoms with Gasteiger partial charge in [0.2, 0.25) is 11.7 Å². The molecule has 2 rings (SSSR count). The number of hydrogen-bond acceptors (Lipinski definition) is 6. The number of amides is 3. The average Bonchev–Trinajstić information content (AvgIpc) is 2.56. The molecule has 0 aromatic heterocycles. The summed E-state index contributed by atoms with van der Waals surface area (Å²) in [5, 5.41) is 11.2.